The lowest BCUT2D eigenvalue weighted by molar-refractivity contribution is -0.140. The minimum Gasteiger partial charge on any atom is -0.480 e. The smallest absolute Gasteiger partial charge is 0.333 e. The molecule has 39 heavy (non-hydrogen) atoms. The molecule has 0 amide bonds. The molecule has 1 aromatic heterocycles. The molecule has 204 valence electrons. The SMILES string of the molecule is Cn1c(=O)n(-c2ccc(CC(NC(c3c(Cl)cccc3Cl)N3CCOCC3)C(=O)O)cc2)c2c(Cl)cccc21. The van der Waals surface area contributed by atoms with E-state index in [1.54, 1.807) is 58.6 Å². The van der Waals surface area contributed by atoms with Gasteiger partial charge in [-0.15, -0.1) is 0 Å². The van der Waals surface area contributed by atoms with Gasteiger partial charge in [-0.1, -0.05) is 59.1 Å². The molecular formula is C28H27Cl3N4O4. The maximum absolute atomic E-state index is 13.0. The summed E-state index contributed by atoms with van der Waals surface area (Å²) in [4.78, 5) is 27.5. The molecule has 1 aliphatic rings. The molecule has 1 fully saturated rings. The minimum absolute atomic E-state index is 0.198. The van der Waals surface area contributed by atoms with Crippen LogP contribution in [-0.4, -0.2) is 57.5 Å². The van der Waals surface area contributed by atoms with Gasteiger partial charge >= 0.3 is 11.7 Å². The number of nitrogens with zero attached hydrogens (tertiary/aromatic N) is 3. The monoisotopic (exact) mass is 588 g/mol. The first-order valence-corrected chi connectivity index (χ1v) is 13.6. The van der Waals surface area contributed by atoms with Crippen LogP contribution in [0.4, 0.5) is 0 Å². The highest BCUT2D eigenvalue weighted by Gasteiger charge is 2.31. The number of hydrogen-bond acceptors (Lipinski definition) is 5. The number of nitrogens with one attached hydrogen (secondary N) is 1. The summed E-state index contributed by atoms with van der Waals surface area (Å²) < 4.78 is 8.60. The number of fused-ring (bicyclic) bond motifs is 1. The summed E-state index contributed by atoms with van der Waals surface area (Å²) >= 11 is 19.5. The van der Waals surface area contributed by atoms with Gasteiger partial charge in [0.25, 0.3) is 0 Å². The molecule has 8 nitrogen and oxygen atoms in total. The summed E-state index contributed by atoms with van der Waals surface area (Å²) in [5.74, 6) is -1.00. The van der Waals surface area contributed by atoms with E-state index < -0.39 is 18.2 Å². The zero-order chi connectivity index (χ0) is 27.7. The Balaban J connectivity index is 1.44. The summed E-state index contributed by atoms with van der Waals surface area (Å²) in [5, 5.41) is 14.8. The van der Waals surface area contributed by atoms with Gasteiger partial charge in [0.15, 0.2) is 0 Å². The molecule has 4 aromatic rings. The van der Waals surface area contributed by atoms with Crippen molar-refractivity contribution < 1.29 is 14.6 Å². The third-order valence-electron chi connectivity index (χ3n) is 7.00. The van der Waals surface area contributed by atoms with Crippen molar-refractivity contribution >= 4 is 51.8 Å². The molecule has 0 spiro atoms. The lowest BCUT2D eigenvalue weighted by atomic mass is 10.0. The van der Waals surface area contributed by atoms with E-state index in [9.17, 15) is 14.7 Å². The Bertz CT molecular complexity index is 1540. The second-order valence-corrected chi connectivity index (χ2v) is 10.6. The highest BCUT2D eigenvalue weighted by atomic mass is 35.5. The number of morpholine rings is 1. The molecule has 5 rings (SSSR count). The molecule has 0 radical (unpaired) electrons. The molecule has 2 N–H and O–H groups in total. The van der Waals surface area contributed by atoms with E-state index in [1.807, 2.05) is 18.2 Å². The van der Waals surface area contributed by atoms with Crippen molar-refractivity contribution in [2.75, 3.05) is 26.3 Å². The standard InChI is InChI=1S/C28H27Cl3N4O4/c1-33-23-7-3-6-21(31)25(23)35(28(33)38)18-10-8-17(9-11-18)16-22(27(36)37)32-26(34-12-14-39-15-13-34)24-19(29)4-2-5-20(24)30/h2-11,22,26,32H,12-16H2,1H3,(H,36,37). The topological polar surface area (TPSA) is 88.7 Å². The number of carboxylic acid groups (broad SMARTS) is 1. The van der Waals surface area contributed by atoms with Crippen LogP contribution in [-0.2, 0) is 23.0 Å². The zero-order valence-electron chi connectivity index (χ0n) is 21.1. The van der Waals surface area contributed by atoms with Crippen molar-refractivity contribution in [2.45, 2.75) is 18.6 Å². The van der Waals surface area contributed by atoms with Crippen LogP contribution in [0, 0.1) is 0 Å². The fourth-order valence-corrected chi connectivity index (χ4v) is 5.85. The van der Waals surface area contributed by atoms with E-state index in [4.69, 9.17) is 39.5 Å². The molecule has 2 heterocycles. The summed E-state index contributed by atoms with van der Waals surface area (Å²) in [6, 6.07) is 16.9. The van der Waals surface area contributed by atoms with E-state index in [1.165, 1.54) is 0 Å². The van der Waals surface area contributed by atoms with Crippen molar-refractivity contribution in [2.24, 2.45) is 7.05 Å². The van der Waals surface area contributed by atoms with E-state index in [-0.39, 0.29) is 12.1 Å². The first-order chi connectivity index (χ1) is 18.8. The third kappa shape index (κ3) is 5.59. The van der Waals surface area contributed by atoms with Crippen LogP contribution in [0.25, 0.3) is 16.7 Å². The van der Waals surface area contributed by atoms with Gasteiger partial charge < -0.3 is 9.84 Å². The number of rotatable bonds is 8. The number of carbonyl (C=O) groups is 1. The molecule has 2 atom stereocenters. The van der Waals surface area contributed by atoms with Gasteiger partial charge in [0.2, 0.25) is 0 Å². The van der Waals surface area contributed by atoms with Crippen molar-refractivity contribution in [3.8, 4) is 5.69 Å². The minimum atomic E-state index is -1.00. The average molecular weight is 590 g/mol. The van der Waals surface area contributed by atoms with Crippen molar-refractivity contribution in [3.63, 3.8) is 0 Å². The number of para-hydroxylation sites is 1. The Morgan fingerprint density at radius 2 is 1.59 bits per heavy atom. The molecule has 0 bridgehead atoms. The molecule has 2 unspecified atom stereocenters. The normalized spacial score (nSPS) is 15.9. The molecular weight excluding hydrogens is 563 g/mol. The maximum Gasteiger partial charge on any atom is 0.333 e. The number of aromatic nitrogens is 2. The fourth-order valence-electron chi connectivity index (χ4n) is 4.99. The average Bonchev–Trinajstić information content (AvgIpc) is 3.19. The summed E-state index contributed by atoms with van der Waals surface area (Å²) in [6.07, 6.45) is -0.323. The molecule has 0 aliphatic carbocycles. The summed E-state index contributed by atoms with van der Waals surface area (Å²) in [5.41, 5.74) is 3.17. The number of aryl methyl sites for hydroxylation is 1. The van der Waals surface area contributed by atoms with Gasteiger partial charge in [-0.3, -0.25) is 24.1 Å². The molecule has 0 saturated carbocycles. The van der Waals surface area contributed by atoms with Gasteiger partial charge in [0, 0.05) is 35.7 Å². The Morgan fingerprint density at radius 1 is 0.974 bits per heavy atom. The van der Waals surface area contributed by atoms with Crippen LogP contribution < -0.4 is 11.0 Å². The van der Waals surface area contributed by atoms with Crippen LogP contribution in [0.1, 0.15) is 17.3 Å². The molecule has 11 heteroatoms. The summed E-state index contributed by atoms with van der Waals surface area (Å²) in [7, 11) is 1.70. The number of aliphatic carboxylic acids is 1. The number of benzene rings is 3. The molecule has 3 aromatic carbocycles. The van der Waals surface area contributed by atoms with E-state index >= 15 is 0 Å². The first kappa shape index (κ1) is 27.7. The predicted octanol–water partition coefficient (Wildman–Crippen LogP) is 4.91. The Hall–Kier alpha value is -2.85. The number of ether oxygens (including phenoxy) is 1. The van der Waals surface area contributed by atoms with Crippen LogP contribution >= 0.6 is 34.8 Å². The van der Waals surface area contributed by atoms with Crippen LogP contribution in [0.3, 0.4) is 0 Å². The Morgan fingerprint density at radius 3 is 2.23 bits per heavy atom. The molecule has 1 saturated heterocycles. The second-order valence-electron chi connectivity index (χ2n) is 9.40. The van der Waals surface area contributed by atoms with Gasteiger partial charge in [0.1, 0.15) is 6.04 Å². The van der Waals surface area contributed by atoms with Crippen LogP contribution in [0.5, 0.6) is 0 Å². The van der Waals surface area contributed by atoms with Gasteiger partial charge in [0.05, 0.1) is 41.1 Å². The Kier molecular flexibility index (Phi) is 8.32. The van der Waals surface area contributed by atoms with E-state index in [0.717, 1.165) is 11.1 Å². The summed E-state index contributed by atoms with van der Waals surface area (Å²) in [6.45, 7) is 2.25. The fraction of sp³-hybridized carbons (Fsp3) is 0.286. The second kappa shape index (κ2) is 11.7. The van der Waals surface area contributed by atoms with Gasteiger partial charge in [-0.05, 0) is 48.4 Å². The van der Waals surface area contributed by atoms with Gasteiger partial charge in [-0.25, -0.2) is 4.79 Å². The first-order valence-electron chi connectivity index (χ1n) is 12.5. The lowest BCUT2D eigenvalue weighted by Gasteiger charge is -2.37. The highest BCUT2D eigenvalue weighted by molar-refractivity contribution is 6.36. The number of carboxylic acids is 1. The number of imidazole rings is 1. The number of hydrogen-bond donors (Lipinski definition) is 2. The third-order valence-corrected chi connectivity index (χ3v) is 7.97. The van der Waals surface area contributed by atoms with Crippen LogP contribution in [0.15, 0.2) is 65.5 Å². The lowest BCUT2D eigenvalue weighted by Crippen LogP contribution is -2.50. The predicted molar refractivity (Wildman–Crippen MR) is 153 cm³/mol. The zero-order valence-corrected chi connectivity index (χ0v) is 23.4. The van der Waals surface area contributed by atoms with Crippen LogP contribution in [0.2, 0.25) is 15.1 Å². The van der Waals surface area contributed by atoms with E-state index in [0.29, 0.717) is 58.1 Å². The molecule has 1 aliphatic heterocycles. The van der Waals surface area contributed by atoms with Crippen molar-refractivity contribution in [1.29, 1.82) is 0 Å². The van der Waals surface area contributed by atoms with Crippen molar-refractivity contribution in [3.05, 3.63) is 97.3 Å². The largest absolute Gasteiger partial charge is 0.480 e. The maximum atomic E-state index is 13.0. The van der Waals surface area contributed by atoms with E-state index in [2.05, 4.69) is 10.2 Å². The number of halogens is 3. The van der Waals surface area contributed by atoms with Crippen molar-refractivity contribution in [1.82, 2.24) is 19.4 Å². The Labute approximate surface area is 240 Å². The van der Waals surface area contributed by atoms with Gasteiger partial charge in [-0.2, -0.15) is 0 Å². The quantitative estimate of drug-likeness (QED) is 0.304. The highest BCUT2D eigenvalue weighted by Crippen LogP contribution is 2.33.